The second-order valence-corrected chi connectivity index (χ2v) is 3.50. The van der Waals surface area contributed by atoms with E-state index in [1.807, 2.05) is 0 Å². The number of ether oxygens (including phenoxy) is 1. The van der Waals surface area contributed by atoms with Crippen LogP contribution in [0.25, 0.3) is 11.0 Å². The highest BCUT2D eigenvalue weighted by atomic mass is 19.1. The van der Waals surface area contributed by atoms with Crippen molar-refractivity contribution < 1.29 is 13.9 Å². The molecule has 2 aromatic rings. The SMILES string of the molecule is COc1cc2c(cc1F)nc(N)n2CC(N)=O. The molecule has 0 saturated carbocycles. The highest BCUT2D eigenvalue weighted by Gasteiger charge is 2.14. The average molecular weight is 238 g/mol. The lowest BCUT2D eigenvalue weighted by Crippen LogP contribution is -2.19. The number of methoxy groups -OCH3 is 1. The number of nitrogens with two attached hydrogens (primary N) is 2. The Hall–Kier alpha value is -2.31. The minimum Gasteiger partial charge on any atom is -0.494 e. The standard InChI is InChI=1S/C10H11FN4O2/c1-17-8-3-7-6(2-5(8)11)14-10(13)15(7)4-9(12)16/h2-3H,4H2,1H3,(H2,12,16)(H2,13,14). The highest BCUT2D eigenvalue weighted by Crippen LogP contribution is 2.26. The number of halogens is 1. The Bertz CT molecular complexity index is 593. The molecule has 0 saturated heterocycles. The molecule has 0 spiro atoms. The van der Waals surface area contributed by atoms with Gasteiger partial charge in [0.2, 0.25) is 11.9 Å². The fraction of sp³-hybridized carbons (Fsp3) is 0.200. The van der Waals surface area contributed by atoms with Crippen molar-refractivity contribution in [3.8, 4) is 5.75 Å². The van der Waals surface area contributed by atoms with E-state index in [0.717, 1.165) is 0 Å². The van der Waals surface area contributed by atoms with E-state index >= 15 is 0 Å². The fourth-order valence-corrected chi connectivity index (χ4v) is 1.62. The van der Waals surface area contributed by atoms with Crippen LogP contribution in [0.4, 0.5) is 10.3 Å². The number of hydrogen-bond donors (Lipinski definition) is 2. The molecule has 17 heavy (non-hydrogen) atoms. The second kappa shape index (κ2) is 3.93. The van der Waals surface area contributed by atoms with Crippen molar-refractivity contribution in [1.29, 1.82) is 0 Å². The van der Waals surface area contributed by atoms with Crippen molar-refractivity contribution in [2.24, 2.45) is 5.73 Å². The number of primary amides is 1. The summed E-state index contributed by atoms with van der Waals surface area (Å²) in [4.78, 5) is 14.8. The number of imidazole rings is 1. The largest absolute Gasteiger partial charge is 0.494 e. The summed E-state index contributed by atoms with van der Waals surface area (Å²) < 4.78 is 19.7. The van der Waals surface area contributed by atoms with E-state index < -0.39 is 11.7 Å². The molecule has 90 valence electrons. The molecule has 2 rings (SSSR count). The molecule has 6 nitrogen and oxygen atoms in total. The van der Waals surface area contributed by atoms with Gasteiger partial charge in [-0.15, -0.1) is 0 Å². The Morgan fingerprint density at radius 1 is 1.59 bits per heavy atom. The predicted molar refractivity (Wildman–Crippen MR) is 59.8 cm³/mol. The Morgan fingerprint density at radius 2 is 2.29 bits per heavy atom. The van der Waals surface area contributed by atoms with Crippen molar-refractivity contribution >= 4 is 22.9 Å². The molecule has 1 heterocycles. The van der Waals surface area contributed by atoms with Gasteiger partial charge in [-0.3, -0.25) is 4.79 Å². The number of fused-ring (bicyclic) bond motifs is 1. The molecule has 1 amide bonds. The monoisotopic (exact) mass is 238 g/mol. The van der Waals surface area contributed by atoms with Crippen LogP contribution < -0.4 is 16.2 Å². The summed E-state index contributed by atoms with van der Waals surface area (Å²) in [5.41, 5.74) is 11.6. The maximum atomic E-state index is 13.4. The number of nitrogen functional groups attached to an aromatic ring is 1. The van der Waals surface area contributed by atoms with E-state index in [1.165, 1.54) is 23.8 Å². The Morgan fingerprint density at radius 3 is 2.88 bits per heavy atom. The maximum Gasteiger partial charge on any atom is 0.237 e. The third kappa shape index (κ3) is 1.86. The summed E-state index contributed by atoms with van der Waals surface area (Å²) >= 11 is 0. The first-order valence-corrected chi connectivity index (χ1v) is 4.80. The van der Waals surface area contributed by atoms with Gasteiger partial charge in [-0.1, -0.05) is 0 Å². The number of carbonyl (C=O) groups is 1. The number of carbonyl (C=O) groups excluding carboxylic acids is 1. The summed E-state index contributed by atoms with van der Waals surface area (Å²) in [5, 5.41) is 0. The van der Waals surface area contributed by atoms with Gasteiger partial charge in [-0.2, -0.15) is 0 Å². The smallest absolute Gasteiger partial charge is 0.237 e. The number of aromatic nitrogens is 2. The first-order chi connectivity index (χ1) is 8.02. The third-order valence-corrected chi connectivity index (χ3v) is 2.37. The molecule has 0 aliphatic rings. The van der Waals surface area contributed by atoms with Gasteiger partial charge < -0.3 is 20.8 Å². The van der Waals surface area contributed by atoms with Crippen molar-refractivity contribution in [1.82, 2.24) is 9.55 Å². The lowest BCUT2D eigenvalue weighted by molar-refractivity contribution is -0.118. The molecule has 0 aliphatic carbocycles. The van der Waals surface area contributed by atoms with Crippen molar-refractivity contribution in [3.05, 3.63) is 17.9 Å². The molecule has 0 atom stereocenters. The van der Waals surface area contributed by atoms with E-state index in [9.17, 15) is 9.18 Å². The predicted octanol–water partition coefficient (Wildman–Crippen LogP) is 0.252. The van der Waals surface area contributed by atoms with E-state index in [0.29, 0.717) is 11.0 Å². The van der Waals surface area contributed by atoms with Crippen LogP contribution in [0.1, 0.15) is 0 Å². The molecule has 0 fully saturated rings. The van der Waals surface area contributed by atoms with Crippen molar-refractivity contribution in [2.75, 3.05) is 12.8 Å². The second-order valence-electron chi connectivity index (χ2n) is 3.50. The molecule has 0 bridgehead atoms. The molecule has 7 heteroatoms. The first-order valence-electron chi connectivity index (χ1n) is 4.80. The van der Waals surface area contributed by atoms with Crippen LogP contribution >= 0.6 is 0 Å². The summed E-state index contributed by atoms with van der Waals surface area (Å²) in [6, 6.07) is 2.62. The Labute approximate surface area is 96.0 Å². The fourth-order valence-electron chi connectivity index (χ4n) is 1.62. The molecular weight excluding hydrogens is 227 g/mol. The topological polar surface area (TPSA) is 96.2 Å². The van der Waals surface area contributed by atoms with Crippen LogP contribution in [0, 0.1) is 5.82 Å². The average Bonchev–Trinajstić information content (AvgIpc) is 2.53. The van der Waals surface area contributed by atoms with Crippen molar-refractivity contribution in [2.45, 2.75) is 6.54 Å². The molecule has 4 N–H and O–H groups in total. The Balaban J connectivity index is 2.66. The lowest BCUT2D eigenvalue weighted by atomic mass is 10.3. The van der Waals surface area contributed by atoms with Gasteiger partial charge in [0.05, 0.1) is 18.1 Å². The van der Waals surface area contributed by atoms with Crippen LogP contribution in [0.2, 0.25) is 0 Å². The quantitative estimate of drug-likeness (QED) is 0.801. The highest BCUT2D eigenvalue weighted by molar-refractivity contribution is 5.83. The summed E-state index contributed by atoms with van der Waals surface area (Å²) in [7, 11) is 1.35. The minimum atomic E-state index is -0.556. The van der Waals surface area contributed by atoms with Gasteiger partial charge in [0, 0.05) is 12.1 Å². The van der Waals surface area contributed by atoms with Gasteiger partial charge in [0.25, 0.3) is 0 Å². The van der Waals surface area contributed by atoms with Crippen molar-refractivity contribution in [3.63, 3.8) is 0 Å². The number of amides is 1. The van der Waals surface area contributed by atoms with Crippen LogP contribution in [0.15, 0.2) is 12.1 Å². The zero-order chi connectivity index (χ0) is 12.6. The molecule has 0 unspecified atom stereocenters. The number of hydrogen-bond acceptors (Lipinski definition) is 4. The minimum absolute atomic E-state index is 0.0584. The van der Waals surface area contributed by atoms with E-state index in [-0.39, 0.29) is 18.2 Å². The van der Waals surface area contributed by atoms with Crippen LogP contribution in [-0.4, -0.2) is 22.6 Å². The zero-order valence-corrected chi connectivity index (χ0v) is 9.11. The van der Waals surface area contributed by atoms with Gasteiger partial charge in [-0.25, -0.2) is 9.37 Å². The number of nitrogens with zero attached hydrogens (tertiary/aromatic N) is 2. The van der Waals surface area contributed by atoms with Crippen LogP contribution in [-0.2, 0) is 11.3 Å². The van der Waals surface area contributed by atoms with Gasteiger partial charge in [0.15, 0.2) is 11.6 Å². The molecule has 0 radical (unpaired) electrons. The van der Waals surface area contributed by atoms with E-state index in [2.05, 4.69) is 4.98 Å². The summed E-state index contributed by atoms with van der Waals surface area (Å²) in [6.45, 7) is -0.114. The van der Waals surface area contributed by atoms with Gasteiger partial charge in [0.1, 0.15) is 6.54 Å². The lowest BCUT2D eigenvalue weighted by Gasteiger charge is -2.05. The van der Waals surface area contributed by atoms with Gasteiger partial charge >= 0.3 is 0 Å². The third-order valence-electron chi connectivity index (χ3n) is 2.37. The number of rotatable bonds is 3. The molecule has 1 aromatic carbocycles. The Kier molecular flexibility index (Phi) is 2.58. The van der Waals surface area contributed by atoms with E-state index in [1.54, 1.807) is 0 Å². The summed E-state index contributed by atoms with van der Waals surface area (Å²) in [5.74, 6) is -0.933. The van der Waals surface area contributed by atoms with Gasteiger partial charge in [-0.05, 0) is 0 Å². The molecular formula is C10H11FN4O2. The van der Waals surface area contributed by atoms with Crippen LogP contribution in [0.3, 0.4) is 0 Å². The number of anilines is 1. The maximum absolute atomic E-state index is 13.4. The zero-order valence-electron chi connectivity index (χ0n) is 9.11. The van der Waals surface area contributed by atoms with E-state index in [4.69, 9.17) is 16.2 Å². The molecule has 0 aliphatic heterocycles. The van der Waals surface area contributed by atoms with Crippen LogP contribution in [0.5, 0.6) is 5.75 Å². The summed E-state index contributed by atoms with van der Waals surface area (Å²) in [6.07, 6.45) is 0. The first kappa shape index (κ1) is 11.2. The molecule has 1 aromatic heterocycles. The normalized spacial score (nSPS) is 10.7. The number of benzene rings is 1.